The average molecular weight is 328 g/mol. The lowest BCUT2D eigenvalue weighted by Gasteiger charge is -2.20. The molecule has 0 unspecified atom stereocenters. The highest BCUT2D eigenvalue weighted by Gasteiger charge is 2.35. The van der Waals surface area contributed by atoms with Gasteiger partial charge in [-0.25, -0.2) is 0 Å². The Kier molecular flexibility index (Phi) is 4.29. The summed E-state index contributed by atoms with van der Waals surface area (Å²) in [6.45, 7) is 2.06. The molecule has 0 fully saturated rings. The highest BCUT2D eigenvalue weighted by atomic mass is 32.2. The van der Waals surface area contributed by atoms with E-state index in [4.69, 9.17) is 10.1 Å². The number of aliphatic imine (C=N–C) groups is 1. The second-order valence-corrected chi connectivity index (χ2v) is 6.05. The molecule has 2 heterocycles. The molecule has 1 aromatic carbocycles. The molecule has 7 heteroatoms. The maximum Gasteiger partial charge on any atom is 0.283 e. The Morgan fingerprint density at radius 3 is 2.91 bits per heavy atom. The first-order valence-electron chi connectivity index (χ1n) is 7.26. The highest BCUT2D eigenvalue weighted by Crippen LogP contribution is 2.30. The predicted octanol–water partition coefficient (Wildman–Crippen LogP) is 3.11. The van der Waals surface area contributed by atoms with Crippen molar-refractivity contribution >= 4 is 39.8 Å². The molecule has 0 saturated heterocycles. The summed E-state index contributed by atoms with van der Waals surface area (Å²) in [6, 6.07) is 7.34. The molecule has 0 saturated carbocycles. The fraction of sp³-hybridized carbons (Fsp3) is 0.250. The standard InChI is InChI=1S/C16H16N4O2S/c1-3-6-13-19-20-14(17)11(15(21)18-16(20)23-13)9-10-7-4-5-8-12(10)22-2/h4-5,7-9,17H,3,6H2,1-2H3/b11-9-,17-14?. The van der Waals surface area contributed by atoms with Crippen LogP contribution in [0.1, 0.15) is 25.3 Å². The van der Waals surface area contributed by atoms with Crippen LogP contribution < -0.4 is 4.74 Å². The molecule has 23 heavy (non-hydrogen) atoms. The molecule has 0 radical (unpaired) electrons. The summed E-state index contributed by atoms with van der Waals surface area (Å²) in [4.78, 5) is 16.3. The summed E-state index contributed by atoms with van der Waals surface area (Å²) in [5.41, 5.74) is 0.937. The van der Waals surface area contributed by atoms with Crippen LogP contribution in [-0.2, 0) is 4.79 Å². The normalized spacial score (nSPS) is 18.9. The van der Waals surface area contributed by atoms with Crippen molar-refractivity contribution in [2.75, 3.05) is 7.11 Å². The van der Waals surface area contributed by atoms with Gasteiger partial charge in [-0.05, 0) is 36.7 Å². The third-order valence-electron chi connectivity index (χ3n) is 3.40. The number of carbonyl (C=O) groups is 1. The van der Waals surface area contributed by atoms with Crippen molar-refractivity contribution in [2.24, 2.45) is 10.1 Å². The smallest absolute Gasteiger partial charge is 0.283 e. The van der Waals surface area contributed by atoms with Gasteiger partial charge in [0.15, 0.2) is 5.84 Å². The molecular weight excluding hydrogens is 312 g/mol. The number of nitrogens with zero attached hydrogens (tertiary/aromatic N) is 3. The summed E-state index contributed by atoms with van der Waals surface area (Å²) in [7, 11) is 1.57. The number of hydrogen-bond acceptors (Lipinski definition) is 5. The van der Waals surface area contributed by atoms with Crippen LogP contribution >= 0.6 is 11.8 Å². The maximum absolute atomic E-state index is 12.3. The van der Waals surface area contributed by atoms with E-state index in [-0.39, 0.29) is 11.4 Å². The van der Waals surface area contributed by atoms with E-state index in [1.54, 1.807) is 19.3 Å². The van der Waals surface area contributed by atoms with Gasteiger partial charge in [-0.3, -0.25) is 10.2 Å². The fourth-order valence-corrected chi connectivity index (χ4v) is 3.27. The third-order valence-corrected chi connectivity index (χ3v) is 4.37. The third kappa shape index (κ3) is 2.92. The van der Waals surface area contributed by atoms with Gasteiger partial charge in [0.05, 0.1) is 12.7 Å². The lowest BCUT2D eigenvalue weighted by Crippen LogP contribution is -2.35. The van der Waals surface area contributed by atoms with Crippen molar-refractivity contribution in [2.45, 2.75) is 19.8 Å². The number of fused-ring (bicyclic) bond motifs is 1. The van der Waals surface area contributed by atoms with Gasteiger partial charge >= 0.3 is 0 Å². The molecule has 1 aromatic rings. The summed E-state index contributed by atoms with van der Waals surface area (Å²) in [5.74, 6) is 0.262. The summed E-state index contributed by atoms with van der Waals surface area (Å²) < 4.78 is 5.29. The summed E-state index contributed by atoms with van der Waals surface area (Å²) in [6.07, 6.45) is 3.40. The molecule has 1 amide bonds. The molecule has 3 rings (SSSR count). The first kappa shape index (κ1) is 15.5. The lowest BCUT2D eigenvalue weighted by molar-refractivity contribution is -0.114. The minimum atomic E-state index is -0.424. The van der Waals surface area contributed by atoms with Crippen LogP contribution in [-0.4, -0.2) is 34.1 Å². The summed E-state index contributed by atoms with van der Waals surface area (Å²) in [5, 5.41) is 15.4. The van der Waals surface area contributed by atoms with Crippen LogP contribution in [0.3, 0.4) is 0 Å². The molecule has 118 valence electrons. The number of thioether (sulfide) groups is 1. The zero-order chi connectivity index (χ0) is 16.4. The van der Waals surface area contributed by atoms with Gasteiger partial charge in [0.25, 0.3) is 5.91 Å². The highest BCUT2D eigenvalue weighted by molar-refractivity contribution is 8.26. The van der Waals surface area contributed by atoms with E-state index in [0.717, 1.165) is 23.4 Å². The van der Waals surface area contributed by atoms with Crippen molar-refractivity contribution in [1.29, 1.82) is 5.41 Å². The van der Waals surface area contributed by atoms with E-state index in [2.05, 4.69) is 17.0 Å². The molecule has 1 N–H and O–H groups in total. The number of hydrogen-bond donors (Lipinski definition) is 1. The lowest BCUT2D eigenvalue weighted by atomic mass is 10.1. The Balaban J connectivity index is 1.98. The Labute approximate surface area is 138 Å². The fourth-order valence-electron chi connectivity index (χ4n) is 2.29. The minimum Gasteiger partial charge on any atom is -0.496 e. The number of methoxy groups -OCH3 is 1. The molecule has 0 atom stereocenters. The van der Waals surface area contributed by atoms with Crippen LogP contribution in [0.15, 0.2) is 39.9 Å². The van der Waals surface area contributed by atoms with Gasteiger partial charge in [0, 0.05) is 5.56 Å². The van der Waals surface area contributed by atoms with Gasteiger partial charge in [0.2, 0.25) is 5.17 Å². The van der Waals surface area contributed by atoms with Gasteiger partial charge < -0.3 is 4.74 Å². The van der Waals surface area contributed by atoms with Crippen LogP contribution in [0.2, 0.25) is 0 Å². The first-order chi connectivity index (χ1) is 11.1. The Morgan fingerprint density at radius 2 is 2.17 bits per heavy atom. The van der Waals surface area contributed by atoms with E-state index in [0.29, 0.717) is 10.9 Å². The number of para-hydroxylation sites is 1. The number of rotatable bonds is 4. The van der Waals surface area contributed by atoms with Crippen molar-refractivity contribution in [3.05, 3.63) is 35.4 Å². The number of amides is 1. The van der Waals surface area contributed by atoms with E-state index in [9.17, 15) is 4.79 Å². The van der Waals surface area contributed by atoms with Crippen molar-refractivity contribution in [3.8, 4) is 5.75 Å². The van der Waals surface area contributed by atoms with Gasteiger partial charge in [0.1, 0.15) is 10.8 Å². The molecular formula is C16H16N4O2S. The SMILES string of the molecule is CCCC1=NN2C(=N)/C(=C/c3ccccc3OC)C(=O)N=C2S1. The van der Waals surface area contributed by atoms with Crippen LogP contribution in [0, 0.1) is 5.41 Å². The molecule has 0 bridgehead atoms. The van der Waals surface area contributed by atoms with Gasteiger partial charge in [-0.2, -0.15) is 15.1 Å². The van der Waals surface area contributed by atoms with E-state index in [1.807, 2.05) is 18.2 Å². The second kappa shape index (κ2) is 6.37. The summed E-state index contributed by atoms with van der Waals surface area (Å²) >= 11 is 1.36. The molecule has 2 aliphatic rings. The minimum absolute atomic E-state index is 0.0458. The zero-order valence-corrected chi connectivity index (χ0v) is 13.7. The van der Waals surface area contributed by atoms with Crippen molar-refractivity contribution < 1.29 is 9.53 Å². The Morgan fingerprint density at radius 1 is 1.39 bits per heavy atom. The van der Waals surface area contributed by atoms with Crippen LogP contribution in [0.25, 0.3) is 6.08 Å². The van der Waals surface area contributed by atoms with E-state index >= 15 is 0 Å². The second-order valence-electron chi connectivity index (χ2n) is 5.01. The Hall–Kier alpha value is -2.41. The number of benzene rings is 1. The predicted molar refractivity (Wildman–Crippen MR) is 92.9 cm³/mol. The Bertz CT molecular complexity index is 767. The molecule has 6 nitrogen and oxygen atoms in total. The maximum atomic E-state index is 12.3. The zero-order valence-electron chi connectivity index (χ0n) is 12.9. The average Bonchev–Trinajstić information content (AvgIpc) is 2.95. The van der Waals surface area contributed by atoms with Crippen LogP contribution in [0.5, 0.6) is 5.75 Å². The van der Waals surface area contributed by atoms with Gasteiger partial charge in [-0.15, -0.1) is 0 Å². The van der Waals surface area contributed by atoms with Crippen molar-refractivity contribution in [3.63, 3.8) is 0 Å². The van der Waals surface area contributed by atoms with Gasteiger partial charge in [-0.1, -0.05) is 25.1 Å². The monoisotopic (exact) mass is 328 g/mol. The van der Waals surface area contributed by atoms with Crippen molar-refractivity contribution in [1.82, 2.24) is 5.01 Å². The quantitative estimate of drug-likeness (QED) is 0.861. The number of carbonyl (C=O) groups excluding carboxylic acids is 1. The first-order valence-corrected chi connectivity index (χ1v) is 8.07. The molecule has 2 aliphatic heterocycles. The molecule has 0 spiro atoms. The number of hydrazone groups is 1. The topological polar surface area (TPSA) is 78.1 Å². The van der Waals surface area contributed by atoms with Crippen LogP contribution in [0.4, 0.5) is 0 Å². The largest absolute Gasteiger partial charge is 0.496 e. The van der Waals surface area contributed by atoms with E-state index < -0.39 is 5.91 Å². The number of amidine groups is 2. The number of nitrogens with one attached hydrogen (secondary N) is 1. The number of ether oxygens (including phenoxy) is 1. The molecule has 0 aliphatic carbocycles. The van der Waals surface area contributed by atoms with E-state index in [1.165, 1.54) is 16.8 Å². The molecule has 0 aromatic heterocycles.